The van der Waals surface area contributed by atoms with Gasteiger partial charge in [-0.15, -0.1) is 0 Å². The highest BCUT2D eigenvalue weighted by Crippen LogP contribution is 2.42. The van der Waals surface area contributed by atoms with Crippen molar-refractivity contribution < 1.29 is 4.74 Å². The van der Waals surface area contributed by atoms with Crippen molar-refractivity contribution >= 4 is 0 Å². The maximum atomic E-state index is 6.51. The van der Waals surface area contributed by atoms with E-state index < -0.39 is 0 Å². The predicted octanol–water partition coefficient (Wildman–Crippen LogP) is 3.49. The number of hydrogen-bond donors (Lipinski definition) is 1. The molecule has 3 atom stereocenters. The maximum Gasteiger partial charge on any atom is 0.0693 e. The van der Waals surface area contributed by atoms with Gasteiger partial charge in [-0.3, -0.25) is 0 Å². The molecule has 2 N–H and O–H groups in total. The van der Waals surface area contributed by atoms with Crippen LogP contribution in [0.2, 0.25) is 0 Å². The summed E-state index contributed by atoms with van der Waals surface area (Å²) in [5.41, 5.74) is 6.65. The normalized spacial score (nSPS) is 34.1. The fourth-order valence-electron chi connectivity index (χ4n) is 3.95. The number of hydrogen-bond acceptors (Lipinski definition) is 2. The van der Waals surface area contributed by atoms with Gasteiger partial charge in [0.15, 0.2) is 0 Å². The summed E-state index contributed by atoms with van der Waals surface area (Å²) in [7, 11) is 1.87. The predicted molar refractivity (Wildman–Crippen MR) is 71.9 cm³/mol. The Balaban J connectivity index is 1.91. The van der Waals surface area contributed by atoms with E-state index in [2.05, 4.69) is 6.92 Å². The summed E-state index contributed by atoms with van der Waals surface area (Å²) in [5.74, 6) is 1.62. The van der Waals surface area contributed by atoms with Crippen LogP contribution < -0.4 is 5.73 Å². The van der Waals surface area contributed by atoms with Gasteiger partial charge in [-0.1, -0.05) is 32.6 Å². The molecule has 100 valence electrons. The van der Waals surface area contributed by atoms with E-state index in [1.165, 1.54) is 51.4 Å². The van der Waals surface area contributed by atoms with Gasteiger partial charge in [0, 0.05) is 13.2 Å². The highest BCUT2D eigenvalue weighted by atomic mass is 16.5. The fourth-order valence-corrected chi connectivity index (χ4v) is 3.95. The lowest BCUT2D eigenvalue weighted by Crippen LogP contribution is -2.48. The average Bonchev–Trinajstić information content (AvgIpc) is 2.33. The summed E-state index contributed by atoms with van der Waals surface area (Å²) in [5, 5.41) is 0. The molecule has 2 nitrogen and oxygen atoms in total. The minimum atomic E-state index is 0.148. The lowest BCUT2D eigenvalue weighted by molar-refractivity contribution is -0.0869. The standard InChI is InChI=1S/C15H29NO/c1-3-12-7-4-5-8-13(12)14(16)11-15(17-2)9-6-10-15/h12-14H,3-11,16H2,1-2H3. The lowest BCUT2D eigenvalue weighted by Gasteiger charge is -2.45. The van der Waals surface area contributed by atoms with E-state index in [0.717, 1.165) is 18.3 Å². The van der Waals surface area contributed by atoms with Crippen LogP contribution in [0.4, 0.5) is 0 Å². The molecule has 2 saturated carbocycles. The summed E-state index contributed by atoms with van der Waals surface area (Å²) in [6, 6.07) is 0.362. The molecular weight excluding hydrogens is 210 g/mol. The first-order valence-corrected chi connectivity index (χ1v) is 7.51. The first kappa shape index (κ1) is 13.4. The van der Waals surface area contributed by atoms with Crippen molar-refractivity contribution in [2.24, 2.45) is 17.6 Å². The summed E-state index contributed by atoms with van der Waals surface area (Å²) in [4.78, 5) is 0. The highest BCUT2D eigenvalue weighted by molar-refractivity contribution is 4.95. The van der Waals surface area contributed by atoms with Crippen LogP contribution in [0, 0.1) is 11.8 Å². The largest absolute Gasteiger partial charge is 0.378 e. The second kappa shape index (κ2) is 5.71. The molecule has 17 heavy (non-hydrogen) atoms. The van der Waals surface area contributed by atoms with E-state index in [-0.39, 0.29) is 5.60 Å². The topological polar surface area (TPSA) is 35.2 Å². The van der Waals surface area contributed by atoms with Crippen molar-refractivity contribution in [1.82, 2.24) is 0 Å². The highest BCUT2D eigenvalue weighted by Gasteiger charge is 2.41. The Morgan fingerprint density at radius 2 is 1.94 bits per heavy atom. The van der Waals surface area contributed by atoms with Crippen LogP contribution in [-0.4, -0.2) is 18.8 Å². The molecular formula is C15H29NO. The van der Waals surface area contributed by atoms with Crippen LogP contribution in [0.5, 0.6) is 0 Å². The van der Waals surface area contributed by atoms with Crippen molar-refractivity contribution in [3.8, 4) is 0 Å². The van der Waals surface area contributed by atoms with Gasteiger partial charge in [0.25, 0.3) is 0 Å². The SMILES string of the molecule is CCC1CCCCC1C(N)CC1(OC)CCC1. The van der Waals surface area contributed by atoms with Crippen molar-refractivity contribution in [1.29, 1.82) is 0 Å². The fraction of sp³-hybridized carbons (Fsp3) is 1.00. The number of rotatable bonds is 5. The lowest BCUT2D eigenvalue weighted by atomic mass is 9.68. The van der Waals surface area contributed by atoms with Crippen molar-refractivity contribution in [2.75, 3.05) is 7.11 Å². The molecule has 2 fully saturated rings. The third-order valence-corrected chi connectivity index (χ3v) is 5.35. The quantitative estimate of drug-likeness (QED) is 0.797. The van der Waals surface area contributed by atoms with Crippen molar-refractivity contribution in [3.05, 3.63) is 0 Å². The second-order valence-corrected chi connectivity index (χ2v) is 6.23. The Hall–Kier alpha value is -0.0800. The third-order valence-electron chi connectivity index (χ3n) is 5.35. The molecule has 0 bridgehead atoms. The molecule has 0 aromatic heterocycles. The van der Waals surface area contributed by atoms with Gasteiger partial charge < -0.3 is 10.5 Å². The van der Waals surface area contributed by atoms with Gasteiger partial charge in [-0.05, 0) is 43.9 Å². The molecule has 0 aromatic carbocycles. The smallest absolute Gasteiger partial charge is 0.0693 e. The van der Waals surface area contributed by atoms with Crippen molar-refractivity contribution in [2.45, 2.75) is 76.4 Å². The van der Waals surface area contributed by atoms with E-state index in [0.29, 0.717) is 6.04 Å². The molecule has 2 aliphatic carbocycles. The molecule has 0 heterocycles. The molecule has 3 unspecified atom stereocenters. The molecule has 0 saturated heterocycles. The number of nitrogens with two attached hydrogens (primary N) is 1. The minimum Gasteiger partial charge on any atom is -0.378 e. The molecule has 2 heteroatoms. The average molecular weight is 239 g/mol. The van der Waals surface area contributed by atoms with E-state index in [1.807, 2.05) is 7.11 Å². The molecule has 0 spiro atoms. The molecule has 0 radical (unpaired) electrons. The Labute approximate surface area is 106 Å². The van der Waals surface area contributed by atoms with Crippen LogP contribution >= 0.6 is 0 Å². The van der Waals surface area contributed by atoms with Gasteiger partial charge >= 0.3 is 0 Å². The van der Waals surface area contributed by atoms with Gasteiger partial charge in [0.2, 0.25) is 0 Å². The van der Waals surface area contributed by atoms with E-state index in [4.69, 9.17) is 10.5 Å². The summed E-state index contributed by atoms with van der Waals surface area (Å²) >= 11 is 0. The Morgan fingerprint density at radius 1 is 1.24 bits per heavy atom. The van der Waals surface area contributed by atoms with Crippen LogP contribution in [0.1, 0.15) is 64.7 Å². The van der Waals surface area contributed by atoms with Crippen LogP contribution in [0.25, 0.3) is 0 Å². The molecule has 0 aromatic rings. The zero-order valence-corrected chi connectivity index (χ0v) is 11.6. The summed E-state index contributed by atoms with van der Waals surface area (Å²) < 4.78 is 5.72. The Kier molecular flexibility index (Phi) is 4.48. The molecule has 2 rings (SSSR count). The van der Waals surface area contributed by atoms with E-state index in [9.17, 15) is 0 Å². The van der Waals surface area contributed by atoms with Crippen LogP contribution in [0.15, 0.2) is 0 Å². The number of ether oxygens (including phenoxy) is 1. The van der Waals surface area contributed by atoms with Gasteiger partial charge in [0.05, 0.1) is 5.60 Å². The van der Waals surface area contributed by atoms with Crippen LogP contribution in [-0.2, 0) is 4.74 Å². The zero-order chi connectivity index (χ0) is 12.3. The Morgan fingerprint density at radius 3 is 2.47 bits per heavy atom. The zero-order valence-electron chi connectivity index (χ0n) is 11.6. The van der Waals surface area contributed by atoms with Gasteiger partial charge in [-0.2, -0.15) is 0 Å². The van der Waals surface area contributed by atoms with Crippen LogP contribution in [0.3, 0.4) is 0 Å². The van der Waals surface area contributed by atoms with E-state index >= 15 is 0 Å². The van der Waals surface area contributed by atoms with E-state index in [1.54, 1.807) is 0 Å². The molecule has 2 aliphatic rings. The monoisotopic (exact) mass is 239 g/mol. The molecule has 0 amide bonds. The number of methoxy groups -OCH3 is 1. The first-order chi connectivity index (χ1) is 8.21. The first-order valence-electron chi connectivity index (χ1n) is 7.51. The summed E-state index contributed by atoms with van der Waals surface area (Å²) in [6.07, 6.45) is 11.7. The Bertz CT molecular complexity index is 232. The van der Waals surface area contributed by atoms with Gasteiger partial charge in [-0.25, -0.2) is 0 Å². The summed E-state index contributed by atoms with van der Waals surface area (Å²) in [6.45, 7) is 2.32. The van der Waals surface area contributed by atoms with Crippen molar-refractivity contribution in [3.63, 3.8) is 0 Å². The molecule has 0 aliphatic heterocycles. The maximum absolute atomic E-state index is 6.51. The second-order valence-electron chi connectivity index (χ2n) is 6.23. The van der Waals surface area contributed by atoms with Gasteiger partial charge in [0.1, 0.15) is 0 Å². The minimum absolute atomic E-state index is 0.148. The third kappa shape index (κ3) is 2.85.